The Hall–Kier alpha value is -2.85. The number of nitrogens with one attached hydrogen (secondary N) is 1. The number of halogens is 1. The Morgan fingerprint density at radius 2 is 2.04 bits per heavy atom. The van der Waals surface area contributed by atoms with Crippen molar-refractivity contribution in [3.05, 3.63) is 76.4 Å². The Balaban J connectivity index is 1.56. The lowest BCUT2D eigenvalue weighted by Crippen LogP contribution is -2.14. The van der Waals surface area contributed by atoms with Crippen molar-refractivity contribution < 1.29 is 9.53 Å². The Morgan fingerprint density at radius 3 is 2.81 bits per heavy atom. The molecule has 0 bridgehead atoms. The minimum Gasteiger partial charge on any atom is -0.493 e. The Bertz CT molecular complexity index is 984. The number of ether oxygens (including phenoxy) is 1. The zero-order valence-corrected chi connectivity index (χ0v) is 15.0. The summed E-state index contributed by atoms with van der Waals surface area (Å²) in [6.07, 6.45) is 2.59. The van der Waals surface area contributed by atoms with E-state index in [1.807, 2.05) is 43.3 Å². The number of carbonyl (C=O) groups is 1. The summed E-state index contributed by atoms with van der Waals surface area (Å²) >= 11 is 6.41. The zero-order chi connectivity index (χ0) is 18.1. The number of anilines is 1. The third-order valence-corrected chi connectivity index (χ3v) is 4.80. The first-order valence-corrected chi connectivity index (χ1v) is 8.78. The first kappa shape index (κ1) is 16.6. The average Bonchev–Trinajstić information content (AvgIpc) is 3.09. The lowest BCUT2D eigenvalue weighted by Gasteiger charge is -2.10. The molecule has 3 aromatic rings. The van der Waals surface area contributed by atoms with Crippen LogP contribution in [0, 0.1) is 6.92 Å². The van der Waals surface area contributed by atoms with E-state index in [1.54, 1.807) is 18.3 Å². The average molecular weight is 365 g/mol. The number of aryl methyl sites for hydroxylation is 1. The normalized spacial score (nSPS) is 12.4. The highest BCUT2D eigenvalue weighted by Crippen LogP contribution is 2.36. The number of amides is 1. The smallest absolute Gasteiger partial charge is 0.257 e. The number of rotatable bonds is 3. The van der Waals surface area contributed by atoms with Crippen LogP contribution in [0.3, 0.4) is 0 Å². The summed E-state index contributed by atoms with van der Waals surface area (Å²) in [6, 6.07) is 15.0. The van der Waals surface area contributed by atoms with E-state index in [1.165, 1.54) is 0 Å². The molecule has 26 heavy (non-hydrogen) atoms. The van der Waals surface area contributed by atoms with Gasteiger partial charge in [-0.05, 0) is 48.4 Å². The second kappa shape index (κ2) is 6.81. The van der Waals surface area contributed by atoms with Crippen molar-refractivity contribution >= 4 is 23.3 Å². The molecule has 1 N–H and O–H groups in total. The predicted octanol–water partition coefficient (Wildman–Crippen LogP) is 4.90. The van der Waals surface area contributed by atoms with Crippen LogP contribution in [0.15, 0.2) is 54.7 Å². The van der Waals surface area contributed by atoms with Gasteiger partial charge < -0.3 is 10.1 Å². The van der Waals surface area contributed by atoms with E-state index in [2.05, 4.69) is 10.3 Å². The number of hydrogen-bond acceptors (Lipinski definition) is 3. The van der Waals surface area contributed by atoms with Crippen molar-refractivity contribution in [2.45, 2.75) is 13.3 Å². The standard InChI is InChI=1S/C21H17ClN2O2/c1-13-4-2-3-5-16(13)21(25)24-20-7-6-15(12-23-20)17-11-19-14(8-9-26-19)10-18(17)22/h2-7,10-12H,8-9H2,1H3,(H,23,24,25). The number of benzene rings is 2. The summed E-state index contributed by atoms with van der Waals surface area (Å²) in [4.78, 5) is 16.7. The number of aromatic nitrogens is 1. The summed E-state index contributed by atoms with van der Waals surface area (Å²) in [5.41, 5.74) is 4.44. The molecule has 1 amide bonds. The molecule has 0 unspecified atom stereocenters. The maximum atomic E-state index is 12.4. The third-order valence-electron chi connectivity index (χ3n) is 4.48. The van der Waals surface area contributed by atoms with E-state index in [0.29, 0.717) is 23.0 Å². The molecule has 0 fully saturated rings. The molecule has 0 aliphatic carbocycles. The van der Waals surface area contributed by atoms with E-state index in [-0.39, 0.29) is 5.91 Å². The fraction of sp³-hybridized carbons (Fsp3) is 0.143. The summed E-state index contributed by atoms with van der Waals surface area (Å²) in [5, 5.41) is 3.50. The summed E-state index contributed by atoms with van der Waals surface area (Å²) in [5.74, 6) is 1.20. The van der Waals surface area contributed by atoms with E-state index >= 15 is 0 Å². The molecule has 1 aliphatic rings. The lowest BCUT2D eigenvalue weighted by molar-refractivity contribution is 0.102. The van der Waals surface area contributed by atoms with Gasteiger partial charge in [0, 0.05) is 34.3 Å². The molecule has 4 rings (SSSR count). The van der Waals surface area contributed by atoms with Gasteiger partial charge in [-0.2, -0.15) is 0 Å². The molecule has 130 valence electrons. The van der Waals surface area contributed by atoms with Crippen molar-refractivity contribution in [1.29, 1.82) is 0 Å². The van der Waals surface area contributed by atoms with E-state index < -0.39 is 0 Å². The van der Waals surface area contributed by atoms with Crippen molar-refractivity contribution in [1.82, 2.24) is 4.98 Å². The zero-order valence-electron chi connectivity index (χ0n) is 14.3. The van der Waals surface area contributed by atoms with Gasteiger partial charge in [-0.15, -0.1) is 0 Å². The molecule has 0 atom stereocenters. The monoisotopic (exact) mass is 364 g/mol. The molecule has 4 nitrogen and oxygen atoms in total. The molecular formula is C21H17ClN2O2. The maximum absolute atomic E-state index is 12.4. The molecule has 2 aromatic carbocycles. The minimum absolute atomic E-state index is 0.174. The van der Waals surface area contributed by atoms with Gasteiger partial charge >= 0.3 is 0 Å². The van der Waals surface area contributed by atoms with Crippen LogP contribution in [0.25, 0.3) is 11.1 Å². The highest BCUT2D eigenvalue weighted by molar-refractivity contribution is 6.33. The number of hydrogen-bond donors (Lipinski definition) is 1. The minimum atomic E-state index is -0.174. The number of fused-ring (bicyclic) bond motifs is 1. The molecular weight excluding hydrogens is 348 g/mol. The quantitative estimate of drug-likeness (QED) is 0.719. The lowest BCUT2D eigenvalue weighted by atomic mass is 10.0. The van der Waals surface area contributed by atoms with Crippen molar-refractivity contribution in [3.63, 3.8) is 0 Å². The maximum Gasteiger partial charge on any atom is 0.257 e. The SMILES string of the molecule is Cc1ccccc1C(=O)Nc1ccc(-c2cc3c(cc2Cl)CCO3)cn1. The highest BCUT2D eigenvalue weighted by atomic mass is 35.5. The molecule has 2 heterocycles. The molecule has 0 radical (unpaired) electrons. The van der Waals surface area contributed by atoms with Crippen LogP contribution in [-0.2, 0) is 6.42 Å². The van der Waals surface area contributed by atoms with Crippen LogP contribution in [0.2, 0.25) is 5.02 Å². The molecule has 0 saturated carbocycles. The summed E-state index contributed by atoms with van der Waals surface area (Å²) < 4.78 is 5.62. The number of carbonyl (C=O) groups excluding carboxylic acids is 1. The fourth-order valence-electron chi connectivity index (χ4n) is 3.05. The molecule has 0 spiro atoms. The van der Waals surface area contributed by atoms with Crippen molar-refractivity contribution in [3.8, 4) is 16.9 Å². The van der Waals surface area contributed by atoms with Crippen LogP contribution >= 0.6 is 11.6 Å². The Kier molecular flexibility index (Phi) is 4.35. The molecule has 0 saturated heterocycles. The fourth-order valence-corrected chi connectivity index (χ4v) is 3.35. The van der Waals surface area contributed by atoms with Crippen molar-refractivity contribution in [2.24, 2.45) is 0 Å². The Morgan fingerprint density at radius 1 is 1.19 bits per heavy atom. The highest BCUT2D eigenvalue weighted by Gasteiger charge is 2.16. The van der Waals surface area contributed by atoms with Gasteiger partial charge in [0.2, 0.25) is 0 Å². The van der Waals surface area contributed by atoms with Crippen LogP contribution in [-0.4, -0.2) is 17.5 Å². The number of nitrogens with zero attached hydrogens (tertiary/aromatic N) is 1. The van der Waals surface area contributed by atoms with Crippen LogP contribution in [0.1, 0.15) is 21.5 Å². The van der Waals surface area contributed by atoms with Gasteiger partial charge in [-0.25, -0.2) is 4.98 Å². The first-order chi connectivity index (χ1) is 12.6. The van der Waals surface area contributed by atoms with Gasteiger partial charge in [0.1, 0.15) is 11.6 Å². The van der Waals surface area contributed by atoms with Gasteiger partial charge in [-0.3, -0.25) is 4.79 Å². The molecule has 1 aliphatic heterocycles. The summed E-state index contributed by atoms with van der Waals surface area (Å²) in [7, 11) is 0. The second-order valence-corrected chi connectivity index (χ2v) is 6.65. The Labute approximate surface area is 156 Å². The van der Waals surface area contributed by atoms with Gasteiger partial charge in [0.05, 0.1) is 6.61 Å². The van der Waals surface area contributed by atoms with Gasteiger partial charge in [0.15, 0.2) is 0 Å². The van der Waals surface area contributed by atoms with Crippen LogP contribution < -0.4 is 10.1 Å². The topological polar surface area (TPSA) is 51.2 Å². The summed E-state index contributed by atoms with van der Waals surface area (Å²) in [6.45, 7) is 2.60. The second-order valence-electron chi connectivity index (χ2n) is 6.24. The van der Waals surface area contributed by atoms with Gasteiger partial charge in [-0.1, -0.05) is 29.8 Å². The van der Waals surface area contributed by atoms with Crippen LogP contribution in [0.4, 0.5) is 5.82 Å². The third kappa shape index (κ3) is 3.16. The predicted molar refractivity (Wildman–Crippen MR) is 103 cm³/mol. The van der Waals surface area contributed by atoms with Crippen LogP contribution in [0.5, 0.6) is 5.75 Å². The molecule has 1 aromatic heterocycles. The van der Waals surface area contributed by atoms with E-state index in [4.69, 9.17) is 16.3 Å². The van der Waals surface area contributed by atoms with Gasteiger partial charge in [0.25, 0.3) is 5.91 Å². The van der Waals surface area contributed by atoms with E-state index in [0.717, 1.165) is 34.4 Å². The van der Waals surface area contributed by atoms with Crippen molar-refractivity contribution in [2.75, 3.05) is 11.9 Å². The largest absolute Gasteiger partial charge is 0.493 e. The molecule has 5 heteroatoms. The van der Waals surface area contributed by atoms with E-state index in [9.17, 15) is 4.79 Å². The number of pyridine rings is 1. The first-order valence-electron chi connectivity index (χ1n) is 8.40.